The summed E-state index contributed by atoms with van der Waals surface area (Å²) in [5.41, 5.74) is -5.39. The minimum atomic E-state index is -5.39. The Bertz CT molecular complexity index is 399. The molecule has 0 fully saturated rings. The van der Waals surface area contributed by atoms with Gasteiger partial charge in [-0.15, -0.1) is 0 Å². The van der Waals surface area contributed by atoms with Crippen LogP contribution >= 0.6 is 0 Å². The topological polar surface area (TPSA) is 49.4 Å². The molecule has 0 atom stereocenters. The molecule has 0 unspecified atom stereocenters. The van der Waals surface area contributed by atoms with Crippen LogP contribution in [0.2, 0.25) is 0 Å². The molecule has 0 bridgehead atoms. The predicted molar refractivity (Wildman–Crippen MR) is 59.1 cm³/mol. The second-order valence-electron chi connectivity index (χ2n) is 3.07. The molecule has 0 aromatic rings. The summed E-state index contributed by atoms with van der Waals surface area (Å²) in [6.07, 6.45) is 3.28. The second kappa shape index (κ2) is 5.95. The summed E-state index contributed by atoms with van der Waals surface area (Å²) in [4.78, 5) is 0. The van der Waals surface area contributed by atoms with Crippen LogP contribution in [0.3, 0.4) is 0 Å². The molecule has 0 aliphatic rings. The van der Waals surface area contributed by atoms with Gasteiger partial charge < -0.3 is 5.32 Å². The third-order valence-corrected chi connectivity index (χ3v) is 3.21. The number of rotatable bonds is 5. The van der Waals surface area contributed by atoms with E-state index in [2.05, 4.69) is 5.32 Å². The van der Waals surface area contributed by atoms with Gasteiger partial charge in [0.15, 0.2) is 0 Å². The van der Waals surface area contributed by atoms with E-state index in [-0.39, 0.29) is 10.0 Å². The van der Waals surface area contributed by atoms with Crippen molar-refractivity contribution in [2.75, 3.05) is 6.54 Å². The molecule has 17 heavy (non-hydrogen) atoms. The summed E-state index contributed by atoms with van der Waals surface area (Å²) in [6.45, 7) is 4.92. The van der Waals surface area contributed by atoms with Crippen molar-refractivity contribution in [3.8, 4) is 0 Å². The molecule has 0 saturated heterocycles. The number of sulfonamides is 1. The molecule has 0 heterocycles. The van der Waals surface area contributed by atoms with Gasteiger partial charge in [-0.1, -0.05) is 6.08 Å². The normalized spacial score (nSPS) is 14.1. The zero-order chi connectivity index (χ0) is 13.7. The molecular formula is C9H15F3N2O2S. The van der Waals surface area contributed by atoms with Gasteiger partial charge in [-0.2, -0.15) is 21.6 Å². The molecule has 0 aliphatic carbocycles. The highest BCUT2D eigenvalue weighted by Crippen LogP contribution is 2.29. The van der Waals surface area contributed by atoms with Crippen molar-refractivity contribution in [1.82, 2.24) is 9.62 Å². The van der Waals surface area contributed by atoms with Gasteiger partial charge in [-0.3, -0.25) is 0 Å². The first-order valence-electron chi connectivity index (χ1n) is 4.82. The van der Waals surface area contributed by atoms with E-state index in [4.69, 9.17) is 0 Å². The Kier molecular flexibility index (Phi) is 5.53. The maximum Gasteiger partial charge on any atom is 0.517 e. The summed E-state index contributed by atoms with van der Waals surface area (Å²) in [5.74, 6) is 0. The Hall–Kier alpha value is -1.18. The van der Waals surface area contributed by atoms with Crippen LogP contribution in [0.25, 0.3) is 0 Å². The monoisotopic (exact) mass is 272 g/mol. The van der Waals surface area contributed by atoms with E-state index in [1.807, 2.05) is 0 Å². The van der Waals surface area contributed by atoms with Crippen LogP contribution in [0, 0.1) is 0 Å². The molecule has 0 aromatic carbocycles. The largest absolute Gasteiger partial charge is 0.517 e. The molecule has 0 aromatic heterocycles. The summed E-state index contributed by atoms with van der Waals surface area (Å²) >= 11 is 0. The van der Waals surface area contributed by atoms with Gasteiger partial charge in [-0.05, 0) is 20.8 Å². The number of nitrogens with zero attached hydrogens (tertiary/aromatic N) is 1. The SMILES string of the molecule is C/C=C\N(/C(C)=C\NCC)S(=O)(=O)C(F)(F)F. The highest BCUT2D eigenvalue weighted by molar-refractivity contribution is 7.90. The smallest absolute Gasteiger partial charge is 0.390 e. The molecule has 0 saturated carbocycles. The van der Waals surface area contributed by atoms with Gasteiger partial charge in [0.1, 0.15) is 0 Å². The van der Waals surface area contributed by atoms with E-state index in [0.29, 0.717) is 6.54 Å². The van der Waals surface area contributed by atoms with Crippen molar-refractivity contribution in [3.63, 3.8) is 0 Å². The molecule has 0 rings (SSSR count). The maximum absolute atomic E-state index is 12.4. The zero-order valence-electron chi connectivity index (χ0n) is 9.75. The quantitative estimate of drug-likeness (QED) is 0.834. The molecule has 8 heteroatoms. The Morgan fingerprint density at radius 3 is 2.29 bits per heavy atom. The molecule has 1 N–H and O–H groups in total. The number of alkyl halides is 3. The highest BCUT2D eigenvalue weighted by Gasteiger charge is 2.49. The van der Waals surface area contributed by atoms with Gasteiger partial charge in [-0.25, -0.2) is 4.31 Å². The molecule has 0 spiro atoms. The minimum absolute atomic E-state index is 0.0673. The van der Waals surface area contributed by atoms with E-state index in [0.717, 1.165) is 6.20 Å². The van der Waals surface area contributed by atoms with Crippen molar-refractivity contribution in [2.45, 2.75) is 26.3 Å². The fourth-order valence-corrected chi connectivity index (χ4v) is 1.88. The molecule has 100 valence electrons. The molecule has 0 amide bonds. The van der Waals surface area contributed by atoms with Crippen LogP contribution in [0.4, 0.5) is 13.2 Å². The third-order valence-electron chi connectivity index (χ3n) is 1.70. The Balaban J connectivity index is 5.41. The lowest BCUT2D eigenvalue weighted by molar-refractivity contribution is -0.0470. The van der Waals surface area contributed by atoms with Crippen LogP contribution in [-0.2, 0) is 10.0 Å². The Labute approximate surface area is 98.8 Å². The molecule has 4 nitrogen and oxygen atoms in total. The van der Waals surface area contributed by atoms with Crippen molar-refractivity contribution < 1.29 is 21.6 Å². The van der Waals surface area contributed by atoms with E-state index in [1.165, 1.54) is 26.1 Å². The van der Waals surface area contributed by atoms with E-state index < -0.39 is 15.5 Å². The average molecular weight is 272 g/mol. The van der Waals surface area contributed by atoms with Gasteiger partial charge in [0.05, 0.1) is 0 Å². The third kappa shape index (κ3) is 3.95. The lowest BCUT2D eigenvalue weighted by Crippen LogP contribution is -2.36. The summed E-state index contributed by atoms with van der Waals surface area (Å²) in [6, 6.07) is 0. The van der Waals surface area contributed by atoms with Crippen molar-refractivity contribution in [3.05, 3.63) is 24.2 Å². The van der Waals surface area contributed by atoms with Crippen molar-refractivity contribution in [1.29, 1.82) is 0 Å². The average Bonchev–Trinajstić information content (AvgIpc) is 2.20. The maximum atomic E-state index is 12.4. The van der Waals surface area contributed by atoms with Crippen molar-refractivity contribution in [2.24, 2.45) is 0 Å². The zero-order valence-corrected chi connectivity index (χ0v) is 10.6. The Morgan fingerprint density at radius 1 is 1.41 bits per heavy atom. The number of hydrogen-bond acceptors (Lipinski definition) is 3. The van der Waals surface area contributed by atoms with Crippen LogP contribution in [0.1, 0.15) is 20.8 Å². The van der Waals surface area contributed by atoms with Gasteiger partial charge >= 0.3 is 15.5 Å². The van der Waals surface area contributed by atoms with Gasteiger partial charge in [0, 0.05) is 24.6 Å². The Morgan fingerprint density at radius 2 is 1.94 bits per heavy atom. The number of hydrogen-bond donors (Lipinski definition) is 1. The number of allylic oxidation sites excluding steroid dienone is 2. The van der Waals surface area contributed by atoms with E-state index in [1.54, 1.807) is 6.92 Å². The highest BCUT2D eigenvalue weighted by atomic mass is 32.2. The van der Waals surface area contributed by atoms with Crippen LogP contribution in [0.5, 0.6) is 0 Å². The van der Waals surface area contributed by atoms with E-state index in [9.17, 15) is 21.6 Å². The first-order chi connectivity index (χ1) is 7.68. The van der Waals surface area contributed by atoms with Gasteiger partial charge in [0.25, 0.3) is 0 Å². The second-order valence-corrected chi connectivity index (χ2v) is 4.88. The molecule has 0 aliphatic heterocycles. The molecule has 0 radical (unpaired) electrons. The van der Waals surface area contributed by atoms with Crippen molar-refractivity contribution >= 4 is 10.0 Å². The fraction of sp³-hybridized carbons (Fsp3) is 0.556. The van der Waals surface area contributed by atoms with Crippen LogP contribution < -0.4 is 5.32 Å². The predicted octanol–water partition coefficient (Wildman–Crippen LogP) is 2.14. The number of halogens is 3. The lowest BCUT2D eigenvalue weighted by Gasteiger charge is -2.22. The first-order valence-corrected chi connectivity index (χ1v) is 6.26. The number of nitrogens with one attached hydrogen (secondary N) is 1. The summed E-state index contributed by atoms with van der Waals surface area (Å²) < 4.78 is 59.8. The summed E-state index contributed by atoms with van der Waals surface area (Å²) in [7, 11) is -5.39. The summed E-state index contributed by atoms with van der Waals surface area (Å²) in [5, 5.41) is 2.64. The lowest BCUT2D eigenvalue weighted by atomic mass is 10.5. The minimum Gasteiger partial charge on any atom is -0.390 e. The van der Waals surface area contributed by atoms with Crippen LogP contribution in [-0.4, -0.2) is 24.8 Å². The van der Waals surface area contributed by atoms with Crippen LogP contribution in [0.15, 0.2) is 24.2 Å². The fourth-order valence-electron chi connectivity index (χ4n) is 0.948. The van der Waals surface area contributed by atoms with E-state index >= 15 is 0 Å². The van der Waals surface area contributed by atoms with Gasteiger partial charge in [0.2, 0.25) is 0 Å². The standard InChI is InChI=1S/C9H15F3N2O2S/c1-4-6-14(8(3)7-13-5-2)17(15,16)9(10,11)12/h4,6-7,13H,5H2,1-3H3/b6-4-,8-7-. The first kappa shape index (κ1) is 15.8. The molecular weight excluding hydrogens is 257 g/mol.